The number of aromatic amines is 1. The predicted molar refractivity (Wildman–Crippen MR) is 125 cm³/mol. The molecule has 0 aliphatic heterocycles. The molecule has 0 saturated carbocycles. The Morgan fingerprint density at radius 1 is 1.21 bits per heavy atom. The Morgan fingerprint density at radius 3 is 2.32 bits per heavy atom. The van der Waals surface area contributed by atoms with Gasteiger partial charge in [0.15, 0.2) is 20.2 Å². The molecule has 3 aromatic rings. The molecule has 0 radical (unpaired) electrons. The smallest absolute Gasteiger partial charge is 0.404 e. The minimum atomic E-state index is -4.70. The number of hydrogen-bond acceptors (Lipinski definition) is 6. The third-order valence-electron chi connectivity index (χ3n) is 5.83. The number of nitrogens with two attached hydrogens (primary N) is 1. The van der Waals surface area contributed by atoms with Gasteiger partial charge in [0.05, 0.1) is 6.54 Å². The van der Waals surface area contributed by atoms with E-state index < -0.39 is 37.9 Å². The fraction of sp³-hybridized carbons (Fsp3) is 0.500. The van der Waals surface area contributed by atoms with Gasteiger partial charge >= 0.3 is 11.9 Å². The predicted octanol–water partition coefficient (Wildman–Crippen LogP) is 4.07. The zero-order chi connectivity index (χ0) is 25.5. The van der Waals surface area contributed by atoms with Crippen LogP contribution in [0.1, 0.15) is 26.6 Å². The van der Waals surface area contributed by atoms with Gasteiger partial charge in [0, 0.05) is 10.6 Å². The van der Waals surface area contributed by atoms with Crippen molar-refractivity contribution in [2.75, 3.05) is 5.73 Å². The number of alkyl halides is 3. The molecule has 0 unspecified atom stereocenters. The number of H-pyrrole nitrogens is 1. The second kappa shape index (κ2) is 9.19. The van der Waals surface area contributed by atoms with E-state index in [4.69, 9.17) is 21.8 Å². The average molecular weight is 518 g/mol. The van der Waals surface area contributed by atoms with Crippen LogP contribution in [0.4, 0.5) is 19.1 Å². The van der Waals surface area contributed by atoms with E-state index in [1.165, 1.54) is 0 Å². The molecule has 0 aliphatic rings. The number of anilines is 1. The van der Waals surface area contributed by atoms with Crippen LogP contribution in [0.15, 0.2) is 29.1 Å². The molecule has 3 N–H and O–H groups in total. The van der Waals surface area contributed by atoms with Crippen LogP contribution in [0.25, 0.3) is 11.4 Å². The van der Waals surface area contributed by atoms with Gasteiger partial charge in [-0.15, -0.1) is 10.2 Å². The summed E-state index contributed by atoms with van der Waals surface area (Å²) >= 11 is 5.96. The lowest BCUT2D eigenvalue weighted by molar-refractivity contribution is -0.202. The van der Waals surface area contributed by atoms with Crippen molar-refractivity contribution < 1.29 is 17.6 Å². The van der Waals surface area contributed by atoms with Crippen LogP contribution in [-0.2, 0) is 17.5 Å². The van der Waals surface area contributed by atoms with Crippen LogP contribution in [-0.4, -0.2) is 50.1 Å². The standard InChI is InChI=1S/C20H27ClF3N7O2Si/c1-19(2,3)34(4,5)33-14(20(22,23)24)10-30-16(12-6-8-13(21)9-7-12)29-31(18(30)32)11-15-26-17(25)28-27-15/h6-9,14H,10-11H2,1-5H3,(H3,25,26,27,28)/t14-/m0/s1. The van der Waals surface area contributed by atoms with Gasteiger partial charge in [-0.25, -0.2) is 9.48 Å². The first kappa shape index (κ1) is 26.0. The van der Waals surface area contributed by atoms with E-state index in [1.54, 1.807) is 37.4 Å². The number of nitrogen functional groups attached to an aromatic ring is 1. The molecule has 14 heteroatoms. The Morgan fingerprint density at radius 2 is 1.82 bits per heavy atom. The lowest BCUT2D eigenvalue weighted by Gasteiger charge is -2.39. The monoisotopic (exact) mass is 517 g/mol. The summed E-state index contributed by atoms with van der Waals surface area (Å²) in [6.07, 6.45) is -6.90. The molecule has 3 rings (SSSR count). The van der Waals surface area contributed by atoms with Gasteiger partial charge in [-0.3, -0.25) is 9.67 Å². The summed E-state index contributed by atoms with van der Waals surface area (Å²) in [4.78, 5) is 17.1. The zero-order valence-corrected chi connectivity index (χ0v) is 21.2. The van der Waals surface area contributed by atoms with Crippen molar-refractivity contribution >= 4 is 25.9 Å². The largest absolute Gasteiger partial charge is 0.415 e. The average Bonchev–Trinajstić information content (AvgIpc) is 3.24. The number of aromatic nitrogens is 6. The highest BCUT2D eigenvalue weighted by molar-refractivity contribution is 6.74. The Balaban J connectivity index is 2.08. The molecule has 0 aliphatic carbocycles. The van der Waals surface area contributed by atoms with Gasteiger partial charge in [-0.05, 0) is 42.4 Å². The van der Waals surface area contributed by atoms with E-state index in [1.807, 2.05) is 20.8 Å². The van der Waals surface area contributed by atoms with Gasteiger partial charge in [-0.1, -0.05) is 32.4 Å². The summed E-state index contributed by atoms with van der Waals surface area (Å²) in [6, 6.07) is 6.29. The van der Waals surface area contributed by atoms with E-state index >= 15 is 0 Å². The summed E-state index contributed by atoms with van der Waals surface area (Å²) in [5, 5.41) is 10.5. The van der Waals surface area contributed by atoms with Crippen LogP contribution in [0.2, 0.25) is 23.2 Å². The quantitative estimate of drug-likeness (QED) is 0.456. The molecule has 1 aromatic carbocycles. The molecule has 0 bridgehead atoms. The Labute approximate surface area is 200 Å². The summed E-state index contributed by atoms with van der Waals surface area (Å²) in [6.45, 7) is 8.08. The number of halogens is 4. The summed E-state index contributed by atoms with van der Waals surface area (Å²) in [5.74, 6) is 0.249. The Kier molecular flexibility index (Phi) is 7.02. The molecule has 2 heterocycles. The molecule has 1 atom stereocenters. The highest BCUT2D eigenvalue weighted by Gasteiger charge is 2.48. The van der Waals surface area contributed by atoms with E-state index in [2.05, 4.69) is 20.3 Å². The number of rotatable bonds is 7. The van der Waals surface area contributed by atoms with Gasteiger partial charge in [0.25, 0.3) is 0 Å². The number of benzene rings is 1. The van der Waals surface area contributed by atoms with Crippen molar-refractivity contribution in [3.8, 4) is 11.4 Å². The number of hydrogen-bond donors (Lipinski definition) is 2. The fourth-order valence-electron chi connectivity index (χ4n) is 2.95. The third-order valence-corrected chi connectivity index (χ3v) is 10.6. The molecule has 186 valence electrons. The zero-order valence-electron chi connectivity index (χ0n) is 19.4. The van der Waals surface area contributed by atoms with Gasteiger partial charge in [0.2, 0.25) is 5.95 Å². The van der Waals surface area contributed by atoms with Crippen LogP contribution in [0, 0.1) is 0 Å². The van der Waals surface area contributed by atoms with E-state index in [-0.39, 0.29) is 24.1 Å². The molecule has 0 amide bonds. The minimum absolute atomic E-state index is 0.0275. The normalized spacial score (nSPS) is 13.9. The second-order valence-electron chi connectivity index (χ2n) is 9.43. The van der Waals surface area contributed by atoms with E-state index in [9.17, 15) is 18.0 Å². The second-order valence-corrected chi connectivity index (χ2v) is 14.6. The van der Waals surface area contributed by atoms with Crippen molar-refractivity contribution in [3.05, 3.63) is 45.6 Å². The van der Waals surface area contributed by atoms with Crippen molar-refractivity contribution in [1.82, 2.24) is 29.5 Å². The van der Waals surface area contributed by atoms with Crippen LogP contribution in [0.5, 0.6) is 0 Å². The number of nitrogens with one attached hydrogen (secondary N) is 1. The molecule has 34 heavy (non-hydrogen) atoms. The summed E-state index contributed by atoms with van der Waals surface area (Å²) in [7, 11) is -2.82. The van der Waals surface area contributed by atoms with Crippen molar-refractivity contribution in [2.45, 2.75) is 64.3 Å². The lowest BCUT2D eigenvalue weighted by atomic mass is 10.2. The maximum atomic E-state index is 14.1. The Hall–Kier alpha value is -2.64. The molecule has 9 nitrogen and oxygen atoms in total. The van der Waals surface area contributed by atoms with Crippen LogP contribution in [0.3, 0.4) is 0 Å². The first-order valence-electron chi connectivity index (χ1n) is 10.4. The SMILES string of the molecule is CC(C)(C)[Si](C)(C)O[C@@H](Cn1c(-c2ccc(Cl)cc2)nn(Cc2nc(N)n[nH]2)c1=O)C(F)(F)F. The van der Waals surface area contributed by atoms with Gasteiger partial charge in [0.1, 0.15) is 12.4 Å². The van der Waals surface area contributed by atoms with Crippen molar-refractivity contribution in [3.63, 3.8) is 0 Å². The van der Waals surface area contributed by atoms with Crippen LogP contribution >= 0.6 is 11.6 Å². The van der Waals surface area contributed by atoms with Crippen LogP contribution < -0.4 is 11.4 Å². The first-order valence-corrected chi connectivity index (χ1v) is 13.7. The van der Waals surface area contributed by atoms with Gasteiger partial charge in [-0.2, -0.15) is 18.2 Å². The topological polar surface area (TPSA) is 117 Å². The van der Waals surface area contributed by atoms with Crippen molar-refractivity contribution in [2.24, 2.45) is 0 Å². The lowest BCUT2D eigenvalue weighted by Crippen LogP contribution is -2.50. The van der Waals surface area contributed by atoms with Gasteiger partial charge < -0.3 is 10.2 Å². The van der Waals surface area contributed by atoms with E-state index in [0.717, 1.165) is 9.25 Å². The molecule has 0 saturated heterocycles. The maximum Gasteiger partial charge on any atom is 0.415 e. The summed E-state index contributed by atoms with van der Waals surface area (Å²) in [5.41, 5.74) is 5.17. The summed E-state index contributed by atoms with van der Waals surface area (Å²) < 4.78 is 50.0. The number of nitrogens with zero attached hydrogens (tertiary/aromatic N) is 5. The molecular formula is C20H27ClF3N7O2Si. The van der Waals surface area contributed by atoms with E-state index in [0.29, 0.717) is 10.6 Å². The first-order chi connectivity index (χ1) is 15.6. The highest BCUT2D eigenvalue weighted by atomic mass is 35.5. The fourth-order valence-corrected chi connectivity index (χ4v) is 4.35. The minimum Gasteiger partial charge on any atom is -0.404 e. The Bertz CT molecular complexity index is 1200. The molecule has 2 aromatic heterocycles. The maximum absolute atomic E-state index is 14.1. The molecule has 0 spiro atoms. The highest BCUT2D eigenvalue weighted by Crippen LogP contribution is 2.40. The third kappa shape index (κ3) is 5.70. The molecular weight excluding hydrogens is 491 g/mol. The van der Waals surface area contributed by atoms with Crippen molar-refractivity contribution in [1.29, 1.82) is 0 Å². The molecule has 0 fully saturated rings.